The van der Waals surface area contributed by atoms with Gasteiger partial charge in [0.05, 0.1) is 34.6 Å². The van der Waals surface area contributed by atoms with Gasteiger partial charge < -0.3 is 45.4 Å². The quantitative estimate of drug-likeness (QED) is 0.0363. The van der Waals surface area contributed by atoms with Crippen LogP contribution in [-0.2, 0) is 37.1 Å². The van der Waals surface area contributed by atoms with E-state index in [0.29, 0.717) is 40.8 Å². The molecular weight excluding hydrogens is 778 g/mol. The number of quaternary nitrogens is 1. The third-order valence-electron chi connectivity index (χ3n) is 10.1. The predicted molar refractivity (Wildman–Crippen MR) is 205 cm³/mol. The lowest BCUT2D eigenvalue weighted by Crippen LogP contribution is -2.78. The average Bonchev–Trinajstić information content (AvgIpc) is 3.78. The number of hydrogen-bond acceptors (Lipinski definition) is 13. The minimum Gasteiger partial charge on any atom is -0.504 e. The van der Waals surface area contributed by atoms with Crippen molar-refractivity contribution in [3.8, 4) is 11.5 Å². The van der Waals surface area contributed by atoms with E-state index in [2.05, 4.69) is 22.0 Å². The topological polar surface area (TPSA) is 247 Å². The number of carbonyl (C=O) groups excluding carboxylic acids is 2. The number of carboxylic acids is 2. The lowest BCUT2D eigenvalue weighted by molar-refractivity contribution is -0.925. The number of nitrogens with one attached hydrogen (secondary N) is 1. The molecule has 2 amide bonds. The number of nitrogens with zero attached hydrogens (tertiary/aromatic N) is 5. The number of phenols is 2. The largest absolute Gasteiger partial charge is 0.504 e. The number of halogens is 1. The third-order valence-corrected chi connectivity index (χ3v) is 12.7. The van der Waals surface area contributed by atoms with Gasteiger partial charge in [0.2, 0.25) is 5.60 Å². The Kier molecular flexibility index (Phi) is 10.4. The van der Waals surface area contributed by atoms with E-state index in [0.717, 1.165) is 29.1 Å². The number of thiazole rings is 1. The van der Waals surface area contributed by atoms with Gasteiger partial charge in [-0.15, -0.1) is 23.1 Å². The Bertz CT molecular complexity index is 2280. The number of aromatic nitrogens is 2. The van der Waals surface area contributed by atoms with Crippen LogP contribution in [0.5, 0.6) is 11.5 Å². The van der Waals surface area contributed by atoms with E-state index in [9.17, 15) is 44.4 Å². The van der Waals surface area contributed by atoms with E-state index >= 15 is 0 Å². The molecule has 3 aromatic rings. The zero-order valence-electron chi connectivity index (χ0n) is 30.0. The van der Waals surface area contributed by atoms with Gasteiger partial charge in [-0.25, -0.2) is 14.6 Å². The van der Waals surface area contributed by atoms with Crippen molar-refractivity contribution in [2.75, 3.05) is 31.1 Å². The number of pyridine rings is 1. The summed E-state index contributed by atoms with van der Waals surface area (Å²) in [6.45, 7) is 10.3. The second-order valence-corrected chi connectivity index (χ2v) is 16.5. The van der Waals surface area contributed by atoms with Crippen molar-refractivity contribution >= 4 is 80.2 Å². The zero-order valence-corrected chi connectivity index (χ0v) is 32.4. The molecule has 5 heterocycles. The molecule has 0 saturated carbocycles. The molecule has 3 aliphatic rings. The van der Waals surface area contributed by atoms with Crippen LogP contribution in [0.4, 0.5) is 5.13 Å². The van der Waals surface area contributed by atoms with Crippen LogP contribution in [-0.4, -0.2) is 111 Å². The zero-order chi connectivity index (χ0) is 40.2. The first-order valence-electron chi connectivity index (χ1n) is 17.1. The maximum Gasteiger partial charge on any atom is 0.352 e. The first-order chi connectivity index (χ1) is 25.9. The van der Waals surface area contributed by atoms with E-state index in [4.69, 9.17) is 22.2 Å². The van der Waals surface area contributed by atoms with Crippen molar-refractivity contribution < 1.29 is 48.9 Å². The Morgan fingerprint density at radius 3 is 2.51 bits per heavy atom. The monoisotopic (exact) mass is 816 g/mol. The van der Waals surface area contributed by atoms with E-state index in [1.807, 2.05) is 6.92 Å². The van der Waals surface area contributed by atoms with Crippen molar-refractivity contribution in [1.29, 1.82) is 0 Å². The summed E-state index contributed by atoms with van der Waals surface area (Å²) >= 11 is 8.59. The minimum absolute atomic E-state index is 0.0314. The highest BCUT2D eigenvalue weighted by Gasteiger charge is 2.64. The molecule has 6 rings (SSSR count). The summed E-state index contributed by atoms with van der Waals surface area (Å²) in [4.78, 5) is 75.2. The number of nitrogen functional groups attached to an aromatic ring is 1. The van der Waals surface area contributed by atoms with Crippen molar-refractivity contribution in [2.45, 2.75) is 63.2 Å². The molecule has 2 fully saturated rings. The van der Waals surface area contributed by atoms with Crippen LogP contribution in [0, 0.1) is 0 Å². The highest BCUT2D eigenvalue weighted by molar-refractivity contribution is 8.01. The van der Waals surface area contributed by atoms with Crippen LogP contribution in [0.25, 0.3) is 10.9 Å². The van der Waals surface area contributed by atoms with Crippen LogP contribution in [0.3, 0.4) is 0 Å². The Morgan fingerprint density at radius 2 is 1.93 bits per heavy atom. The Labute approximate surface area is 326 Å². The smallest absolute Gasteiger partial charge is 0.352 e. The molecule has 20 heteroatoms. The number of rotatable bonds is 13. The number of anilines is 1. The Balaban J connectivity index is 1.32. The van der Waals surface area contributed by atoms with Crippen LogP contribution >= 0.6 is 34.7 Å². The number of nitrogens with two attached hydrogens (primary N) is 1. The molecule has 3 aliphatic heterocycles. The van der Waals surface area contributed by atoms with Gasteiger partial charge in [0.1, 0.15) is 35.4 Å². The number of hydrogen-bond donors (Lipinski definition) is 6. The number of aryl methyl sites for hydroxylation is 1. The fraction of sp³-hybridized carbons (Fsp3) is 0.400. The average molecular weight is 817 g/mol. The summed E-state index contributed by atoms with van der Waals surface area (Å²) < 4.78 is 2.07. The lowest BCUT2D eigenvalue weighted by atomic mass is 9.90. The molecular formula is C35H39ClN7O10S2+. The van der Waals surface area contributed by atoms with Gasteiger partial charge >= 0.3 is 11.9 Å². The fourth-order valence-electron chi connectivity index (χ4n) is 7.25. The number of phenolic OH excluding ortho intramolecular Hbond substituents is 2. The van der Waals surface area contributed by atoms with Crippen molar-refractivity contribution in [1.82, 2.24) is 19.8 Å². The van der Waals surface area contributed by atoms with Gasteiger partial charge in [-0.05, 0) is 20.8 Å². The number of thioether (sulfide) groups is 1. The summed E-state index contributed by atoms with van der Waals surface area (Å²) in [7, 11) is 0. The molecule has 2 unspecified atom stereocenters. The molecule has 292 valence electrons. The van der Waals surface area contributed by atoms with Gasteiger partial charge in [0, 0.05) is 48.4 Å². The number of benzene rings is 1. The summed E-state index contributed by atoms with van der Waals surface area (Å²) in [5.41, 5.74) is 3.99. The van der Waals surface area contributed by atoms with Crippen LogP contribution in [0.1, 0.15) is 44.9 Å². The lowest BCUT2D eigenvalue weighted by Gasteiger charge is -2.57. The summed E-state index contributed by atoms with van der Waals surface area (Å²) in [6.07, 6.45) is 4.70. The molecule has 0 radical (unpaired) electrons. The van der Waals surface area contributed by atoms with Gasteiger partial charge in [-0.2, -0.15) is 0 Å². The summed E-state index contributed by atoms with van der Waals surface area (Å²) in [6, 6.07) is -0.0100. The van der Waals surface area contributed by atoms with Gasteiger partial charge in [-0.1, -0.05) is 29.4 Å². The number of aromatic hydroxyl groups is 2. The standard InChI is InChI=1S/C35H38ClN7O10S2/c1-5-35-28(39-29(47)24(19-16-54-33(37)38-19)40-53-34(3,4)32(51)52)30(48)42(35)25(31(49)50)18(15-55-35)14-43(9-7-8-10-43)13-17-12-41(6-2)20-11-21(44)27(46)23(36)22(20)26(17)45/h5,11-12,16,28H,1,6-10,13-15H2,2-4H3,(H6-,37,38,39,40,44,45,46,47,49,50,51,52)/p+1. The van der Waals surface area contributed by atoms with Crippen LogP contribution in [0.15, 0.2) is 51.5 Å². The molecule has 2 atom stereocenters. The van der Waals surface area contributed by atoms with Gasteiger partial charge in [-0.3, -0.25) is 19.3 Å². The number of carbonyl (C=O) groups is 4. The molecule has 0 bridgehead atoms. The highest BCUT2D eigenvalue weighted by atomic mass is 35.5. The fourth-order valence-corrected chi connectivity index (χ4v) is 9.47. The van der Waals surface area contributed by atoms with E-state index in [1.54, 1.807) is 10.8 Å². The second-order valence-electron chi connectivity index (χ2n) is 14.0. The minimum atomic E-state index is -1.83. The SMILES string of the molecule is C=CC12SCC(C[N+]3(Cc4cn(CC)c5cc(O)c(O)c(Cl)c5c4=O)CCCC3)=C(C(=O)O)N1C(=O)C2NC(=O)C(=NOC(C)(C)C(=O)O)c1csc(N)n1. The van der Waals surface area contributed by atoms with Gasteiger partial charge in [0.15, 0.2) is 27.8 Å². The number of amides is 2. The number of β-lactam (4-membered cyclic amide) rings is 1. The number of fused-ring (bicyclic) bond motifs is 2. The molecule has 2 saturated heterocycles. The van der Waals surface area contributed by atoms with E-state index < -0.39 is 62.9 Å². The van der Waals surface area contributed by atoms with Crippen molar-refractivity contribution in [3.63, 3.8) is 0 Å². The Hall–Kier alpha value is -5.11. The highest BCUT2D eigenvalue weighted by Crippen LogP contribution is 2.51. The number of aliphatic carboxylic acids is 2. The molecule has 2 aromatic heterocycles. The Morgan fingerprint density at radius 1 is 1.24 bits per heavy atom. The van der Waals surface area contributed by atoms with Crippen LogP contribution in [0.2, 0.25) is 5.02 Å². The second kappa shape index (κ2) is 14.5. The number of likely N-dealkylation sites (tertiary alicyclic amines) is 1. The van der Waals surface area contributed by atoms with E-state index in [1.165, 1.54) is 43.1 Å². The molecule has 17 nitrogen and oxygen atoms in total. The van der Waals surface area contributed by atoms with E-state index in [-0.39, 0.29) is 45.8 Å². The maximum absolute atomic E-state index is 13.9. The molecule has 1 aromatic carbocycles. The van der Waals surface area contributed by atoms with Crippen LogP contribution < -0.4 is 16.5 Å². The normalized spacial score (nSPS) is 20.9. The molecule has 0 spiro atoms. The van der Waals surface area contributed by atoms with Crippen molar-refractivity contribution in [3.05, 3.63) is 68.1 Å². The first-order valence-corrected chi connectivity index (χ1v) is 19.3. The third kappa shape index (κ3) is 6.78. The maximum atomic E-state index is 13.9. The summed E-state index contributed by atoms with van der Waals surface area (Å²) in [5, 5.41) is 48.3. The summed E-state index contributed by atoms with van der Waals surface area (Å²) in [5.74, 6) is -5.31. The number of carboxylic acid groups (broad SMARTS) is 2. The molecule has 7 N–H and O–H groups in total. The van der Waals surface area contributed by atoms with Crippen molar-refractivity contribution in [2.24, 2.45) is 5.16 Å². The molecule has 55 heavy (non-hydrogen) atoms. The first kappa shape index (κ1) is 39.6. The molecule has 0 aliphatic carbocycles. The van der Waals surface area contributed by atoms with Gasteiger partial charge in [0.25, 0.3) is 11.8 Å². The predicted octanol–water partition coefficient (Wildman–Crippen LogP) is 2.81. The number of oxime groups is 1.